The van der Waals surface area contributed by atoms with Crippen molar-refractivity contribution in [2.75, 3.05) is 31.7 Å². The second-order valence-corrected chi connectivity index (χ2v) is 6.73. The first-order chi connectivity index (χ1) is 10.7. The summed E-state index contributed by atoms with van der Waals surface area (Å²) in [7, 11) is -1.15. The average Bonchev–Trinajstić information content (AvgIpc) is 2.47. The van der Waals surface area contributed by atoms with Gasteiger partial charge in [0.15, 0.2) is 0 Å². The Hall–Kier alpha value is -1.19. The van der Waals surface area contributed by atoms with Gasteiger partial charge in [0.1, 0.15) is 5.82 Å². The first-order valence-corrected chi connectivity index (χ1v) is 7.82. The molecule has 2 heterocycles. The number of morpholine rings is 1. The molecule has 23 heavy (non-hydrogen) atoms. The SMILES string of the molecule is CC(C)(O)C(C)(C)OB(O)c1ccc(NN2CCOCC2)nc1. The van der Waals surface area contributed by atoms with Gasteiger partial charge in [-0.25, -0.2) is 9.99 Å². The van der Waals surface area contributed by atoms with E-state index in [9.17, 15) is 10.1 Å². The number of anilines is 1. The third-order valence-corrected chi connectivity index (χ3v) is 4.23. The average molecular weight is 323 g/mol. The largest absolute Gasteiger partial charge is 0.493 e. The molecular formula is C15H26BN3O4. The molecule has 1 aromatic heterocycles. The van der Waals surface area contributed by atoms with E-state index in [1.165, 1.54) is 0 Å². The Balaban J connectivity index is 1.95. The van der Waals surface area contributed by atoms with Crippen LogP contribution >= 0.6 is 0 Å². The second-order valence-electron chi connectivity index (χ2n) is 6.73. The van der Waals surface area contributed by atoms with Gasteiger partial charge < -0.3 is 24.9 Å². The van der Waals surface area contributed by atoms with Crippen LogP contribution in [0.25, 0.3) is 0 Å². The van der Waals surface area contributed by atoms with E-state index < -0.39 is 18.3 Å². The van der Waals surface area contributed by atoms with Gasteiger partial charge in [0.25, 0.3) is 0 Å². The maximum atomic E-state index is 10.2. The van der Waals surface area contributed by atoms with Gasteiger partial charge in [-0.2, -0.15) is 0 Å². The fraction of sp³-hybridized carbons (Fsp3) is 0.667. The molecule has 8 heteroatoms. The lowest BCUT2D eigenvalue weighted by molar-refractivity contribution is -0.0982. The predicted octanol–water partition coefficient (Wildman–Crippen LogP) is -0.00570. The maximum Gasteiger partial charge on any atom is 0.493 e. The number of aliphatic hydroxyl groups is 1. The highest BCUT2D eigenvalue weighted by molar-refractivity contribution is 6.60. The molecule has 0 atom stereocenters. The summed E-state index contributed by atoms with van der Waals surface area (Å²) in [6.07, 6.45) is 1.56. The van der Waals surface area contributed by atoms with E-state index in [1.54, 1.807) is 46.0 Å². The van der Waals surface area contributed by atoms with Crippen molar-refractivity contribution in [3.05, 3.63) is 18.3 Å². The molecule has 0 unspecified atom stereocenters. The Kier molecular flexibility index (Phi) is 5.64. The van der Waals surface area contributed by atoms with Crippen molar-refractivity contribution in [2.24, 2.45) is 0 Å². The van der Waals surface area contributed by atoms with Crippen LogP contribution in [0.5, 0.6) is 0 Å². The fourth-order valence-electron chi connectivity index (χ4n) is 1.95. The van der Waals surface area contributed by atoms with Gasteiger partial charge in [-0.3, -0.25) is 0 Å². The van der Waals surface area contributed by atoms with Crippen LogP contribution in [0.15, 0.2) is 18.3 Å². The molecule has 128 valence electrons. The highest BCUT2D eigenvalue weighted by Crippen LogP contribution is 2.25. The Labute approximate surface area is 137 Å². The van der Waals surface area contributed by atoms with Crippen molar-refractivity contribution in [3.63, 3.8) is 0 Å². The van der Waals surface area contributed by atoms with E-state index in [1.807, 2.05) is 5.01 Å². The molecule has 7 nitrogen and oxygen atoms in total. The van der Waals surface area contributed by atoms with Gasteiger partial charge in [-0.05, 0) is 33.8 Å². The summed E-state index contributed by atoms with van der Waals surface area (Å²) in [6, 6.07) is 3.54. The van der Waals surface area contributed by atoms with Crippen molar-refractivity contribution in [1.82, 2.24) is 9.99 Å². The number of nitrogens with one attached hydrogen (secondary N) is 1. The van der Waals surface area contributed by atoms with Gasteiger partial charge in [0.05, 0.1) is 24.4 Å². The van der Waals surface area contributed by atoms with E-state index in [2.05, 4.69) is 10.4 Å². The number of nitrogens with zero attached hydrogens (tertiary/aromatic N) is 2. The minimum absolute atomic E-state index is 0.537. The third kappa shape index (κ3) is 4.89. The minimum atomic E-state index is -1.15. The number of hydrogen-bond donors (Lipinski definition) is 3. The van der Waals surface area contributed by atoms with Crippen LogP contribution < -0.4 is 10.9 Å². The van der Waals surface area contributed by atoms with Gasteiger partial charge in [-0.15, -0.1) is 0 Å². The lowest BCUT2D eigenvalue weighted by atomic mass is 9.77. The molecule has 0 spiro atoms. The molecule has 1 aliphatic heterocycles. The summed E-state index contributed by atoms with van der Waals surface area (Å²) in [6.45, 7) is 9.76. The molecule has 0 saturated carbocycles. The van der Waals surface area contributed by atoms with E-state index >= 15 is 0 Å². The Morgan fingerprint density at radius 2 is 1.91 bits per heavy atom. The first kappa shape index (κ1) is 18.2. The summed E-state index contributed by atoms with van der Waals surface area (Å²) in [5.41, 5.74) is 1.75. The summed E-state index contributed by atoms with van der Waals surface area (Å²) in [4.78, 5) is 4.29. The predicted molar refractivity (Wildman–Crippen MR) is 89.3 cm³/mol. The quantitative estimate of drug-likeness (QED) is 0.635. The van der Waals surface area contributed by atoms with Crippen molar-refractivity contribution < 1.29 is 19.5 Å². The highest BCUT2D eigenvalue weighted by atomic mass is 16.5. The smallest absolute Gasteiger partial charge is 0.423 e. The van der Waals surface area contributed by atoms with Crippen LogP contribution in [-0.2, 0) is 9.39 Å². The van der Waals surface area contributed by atoms with Crippen LogP contribution in [-0.4, -0.2) is 64.7 Å². The summed E-state index contributed by atoms with van der Waals surface area (Å²) >= 11 is 0. The Bertz CT molecular complexity index is 498. The molecule has 0 aliphatic carbocycles. The molecule has 1 aromatic rings. The third-order valence-electron chi connectivity index (χ3n) is 4.23. The van der Waals surface area contributed by atoms with Gasteiger partial charge in [0, 0.05) is 24.7 Å². The molecule has 1 saturated heterocycles. The van der Waals surface area contributed by atoms with Crippen molar-refractivity contribution in [2.45, 2.75) is 38.9 Å². The summed E-state index contributed by atoms with van der Waals surface area (Å²) in [5, 5.41) is 22.3. The van der Waals surface area contributed by atoms with Crippen LogP contribution in [0.4, 0.5) is 5.82 Å². The lowest BCUT2D eigenvalue weighted by Crippen LogP contribution is -2.53. The van der Waals surface area contributed by atoms with Gasteiger partial charge >= 0.3 is 7.12 Å². The molecule has 3 N–H and O–H groups in total. The minimum Gasteiger partial charge on any atom is -0.423 e. The van der Waals surface area contributed by atoms with Crippen LogP contribution in [0.1, 0.15) is 27.7 Å². The molecule has 0 radical (unpaired) electrons. The fourth-order valence-corrected chi connectivity index (χ4v) is 1.95. The topological polar surface area (TPSA) is 87.1 Å². The molecule has 0 amide bonds. The number of hydrogen-bond acceptors (Lipinski definition) is 7. The number of aromatic nitrogens is 1. The zero-order valence-corrected chi connectivity index (χ0v) is 14.2. The van der Waals surface area contributed by atoms with E-state index in [0.717, 1.165) is 13.1 Å². The Morgan fingerprint density at radius 3 is 2.43 bits per heavy atom. The Morgan fingerprint density at radius 1 is 1.26 bits per heavy atom. The second kappa shape index (κ2) is 7.15. The lowest BCUT2D eigenvalue weighted by Gasteiger charge is -2.38. The highest BCUT2D eigenvalue weighted by Gasteiger charge is 2.39. The molecular weight excluding hydrogens is 297 g/mol. The van der Waals surface area contributed by atoms with Crippen LogP contribution in [0.2, 0.25) is 0 Å². The summed E-state index contributed by atoms with van der Waals surface area (Å²) in [5.74, 6) is 0.699. The monoisotopic (exact) mass is 323 g/mol. The summed E-state index contributed by atoms with van der Waals surface area (Å²) < 4.78 is 10.9. The van der Waals surface area contributed by atoms with Gasteiger partial charge in [-0.1, -0.05) is 6.07 Å². The van der Waals surface area contributed by atoms with Crippen molar-refractivity contribution in [3.8, 4) is 0 Å². The van der Waals surface area contributed by atoms with Crippen molar-refractivity contribution in [1.29, 1.82) is 0 Å². The zero-order chi connectivity index (χ0) is 17.1. The van der Waals surface area contributed by atoms with E-state index in [0.29, 0.717) is 24.5 Å². The molecule has 1 aliphatic rings. The van der Waals surface area contributed by atoms with E-state index in [4.69, 9.17) is 9.39 Å². The number of rotatable bonds is 6. The normalized spacial score (nSPS) is 17.1. The zero-order valence-electron chi connectivity index (χ0n) is 14.2. The number of hydrazine groups is 1. The van der Waals surface area contributed by atoms with E-state index in [-0.39, 0.29) is 0 Å². The standard InChI is InChI=1S/C15H26BN3O4/c1-14(2,20)15(3,4)23-16(21)12-5-6-13(17-11-12)18-19-7-9-22-10-8-19/h5-6,11,20-21H,7-10H2,1-4H3,(H,17,18). The molecule has 0 bridgehead atoms. The molecule has 0 aromatic carbocycles. The maximum absolute atomic E-state index is 10.2. The van der Waals surface area contributed by atoms with Crippen LogP contribution in [0, 0.1) is 0 Å². The molecule has 1 fully saturated rings. The number of pyridine rings is 1. The first-order valence-electron chi connectivity index (χ1n) is 7.82. The van der Waals surface area contributed by atoms with Crippen molar-refractivity contribution >= 4 is 18.4 Å². The molecule has 2 rings (SSSR count). The number of ether oxygens (including phenoxy) is 1. The van der Waals surface area contributed by atoms with Crippen LogP contribution in [0.3, 0.4) is 0 Å². The van der Waals surface area contributed by atoms with Gasteiger partial charge in [0.2, 0.25) is 0 Å².